The van der Waals surface area contributed by atoms with Gasteiger partial charge in [0.05, 0.1) is 6.54 Å². The van der Waals surface area contributed by atoms with Crippen molar-refractivity contribution in [1.29, 1.82) is 0 Å². The van der Waals surface area contributed by atoms with Crippen LogP contribution in [0.4, 0.5) is 0 Å². The molecule has 7 nitrogen and oxygen atoms in total. The number of fused-ring (bicyclic) bond motifs is 3. The lowest BCUT2D eigenvalue weighted by Gasteiger charge is -2.16. The molecule has 2 aliphatic carbocycles. The molecule has 0 atom stereocenters. The van der Waals surface area contributed by atoms with Gasteiger partial charge in [0.25, 0.3) is 0 Å². The second kappa shape index (κ2) is 7.98. The Bertz CT molecular complexity index is 1590. The minimum Gasteiger partial charge on any atom is -0.308 e. The molecule has 3 aromatic heterocycles. The van der Waals surface area contributed by atoms with Crippen LogP contribution in [0.5, 0.6) is 0 Å². The van der Waals surface area contributed by atoms with Crippen molar-refractivity contribution in [3.63, 3.8) is 0 Å². The maximum atomic E-state index is 4.93. The van der Waals surface area contributed by atoms with Gasteiger partial charge in [-0.1, -0.05) is 42.5 Å². The van der Waals surface area contributed by atoms with Crippen LogP contribution in [0.1, 0.15) is 65.1 Å². The molecule has 0 spiro atoms. The van der Waals surface area contributed by atoms with Gasteiger partial charge < -0.3 is 4.57 Å². The molecule has 0 saturated heterocycles. The predicted molar refractivity (Wildman–Crippen MR) is 135 cm³/mol. The molecule has 5 aromatic rings. The van der Waals surface area contributed by atoms with Crippen LogP contribution in [0.2, 0.25) is 0 Å². The van der Waals surface area contributed by atoms with E-state index in [0.717, 1.165) is 36.1 Å². The summed E-state index contributed by atoms with van der Waals surface area (Å²) in [5.74, 6) is 2.37. The van der Waals surface area contributed by atoms with E-state index >= 15 is 0 Å². The lowest BCUT2D eigenvalue weighted by molar-refractivity contribution is 0.739. The Hall–Kier alpha value is -4.13. The highest BCUT2D eigenvalue weighted by Gasteiger charge is 2.30. The summed E-state index contributed by atoms with van der Waals surface area (Å²) < 4.78 is 2.32. The molecule has 1 fully saturated rings. The van der Waals surface area contributed by atoms with Crippen LogP contribution in [-0.2, 0) is 19.4 Å². The number of H-pyrrole nitrogens is 1. The van der Waals surface area contributed by atoms with Gasteiger partial charge in [0.15, 0.2) is 5.65 Å². The molecule has 172 valence electrons. The van der Waals surface area contributed by atoms with E-state index in [0.29, 0.717) is 11.7 Å². The summed E-state index contributed by atoms with van der Waals surface area (Å²) in [6.07, 6.45) is 6.29. The van der Waals surface area contributed by atoms with Gasteiger partial charge in [-0.3, -0.25) is 0 Å². The number of aromatic amines is 1. The van der Waals surface area contributed by atoms with Crippen molar-refractivity contribution >= 4 is 22.3 Å². The van der Waals surface area contributed by atoms with Gasteiger partial charge in [0, 0.05) is 17.7 Å². The number of aryl methyl sites for hydroxylation is 2. The van der Waals surface area contributed by atoms with Crippen molar-refractivity contribution in [2.45, 2.75) is 45.1 Å². The van der Waals surface area contributed by atoms with Crippen molar-refractivity contribution in [2.24, 2.45) is 0 Å². The van der Waals surface area contributed by atoms with Gasteiger partial charge in [0.1, 0.15) is 11.3 Å². The molecule has 7 heteroatoms. The fraction of sp³-hybridized carbons (Fsp3) is 0.250. The first-order valence-electron chi connectivity index (χ1n) is 12.2. The Labute approximate surface area is 202 Å². The van der Waals surface area contributed by atoms with Crippen molar-refractivity contribution in [1.82, 2.24) is 35.2 Å². The van der Waals surface area contributed by atoms with E-state index < -0.39 is 0 Å². The van der Waals surface area contributed by atoms with Crippen LogP contribution >= 0.6 is 0 Å². The number of rotatable bonds is 4. The minimum atomic E-state index is 0.562. The number of imidazole rings is 1. The molecule has 0 unspecified atom stereocenters. The second-order valence-corrected chi connectivity index (χ2v) is 9.56. The minimum absolute atomic E-state index is 0.562. The van der Waals surface area contributed by atoms with E-state index in [1.807, 2.05) is 12.3 Å². The SMILES string of the molecule is C/C(=C1/c2ccccc2CCc2cc(Cn3c(C4CC4)nc4cccnc43)ccc21)c1nn[nH]n1. The lowest BCUT2D eigenvalue weighted by atomic mass is 9.89. The Kier molecular flexibility index (Phi) is 4.62. The van der Waals surface area contributed by atoms with Gasteiger partial charge >= 0.3 is 0 Å². The van der Waals surface area contributed by atoms with Crippen LogP contribution in [0.15, 0.2) is 60.8 Å². The molecule has 35 heavy (non-hydrogen) atoms. The highest BCUT2D eigenvalue weighted by molar-refractivity contribution is 5.98. The van der Waals surface area contributed by atoms with Crippen LogP contribution < -0.4 is 0 Å². The fourth-order valence-corrected chi connectivity index (χ4v) is 5.40. The third kappa shape index (κ3) is 3.46. The number of allylic oxidation sites excluding steroid dienone is 1. The molecule has 7 rings (SSSR count). The molecule has 2 aliphatic rings. The number of nitrogens with one attached hydrogen (secondary N) is 1. The molecule has 2 aromatic carbocycles. The summed E-state index contributed by atoms with van der Waals surface area (Å²) in [6.45, 7) is 2.87. The summed E-state index contributed by atoms with van der Waals surface area (Å²) in [5, 5.41) is 14.9. The smallest absolute Gasteiger partial charge is 0.201 e. The van der Waals surface area contributed by atoms with E-state index in [4.69, 9.17) is 4.98 Å². The summed E-state index contributed by atoms with van der Waals surface area (Å²) in [4.78, 5) is 9.61. The summed E-state index contributed by atoms with van der Waals surface area (Å²) in [6, 6.07) is 19.6. The number of hydrogen-bond acceptors (Lipinski definition) is 5. The van der Waals surface area contributed by atoms with Crippen molar-refractivity contribution < 1.29 is 0 Å². The molecule has 0 bridgehead atoms. The van der Waals surface area contributed by atoms with Crippen molar-refractivity contribution in [3.8, 4) is 0 Å². The lowest BCUT2D eigenvalue weighted by Crippen LogP contribution is -2.06. The number of pyridine rings is 1. The number of aromatic nitrogens is 7. The van der Waals surface area contributed by atoms with E-state index in [1.54, 1.807) is 0 Å². The number of tetrazole rings is 1. The Morgan fingerprint density at radius 1 is 1.00 bits per heavy atom. The molecule has 0 radical (unpaired) electrons. The molecule has 3 heterocycles. The van der Waals surface area contributed by atoms with Gasteiger partial charge in [-0.05, 0) is 83.3 Å². The molecule has 1 saturated carbocycles. The zero-order chi connectivity index (χ0) is 23.4. The molecule has 0 aliphatic heterocycles. The zero-order valence-corrected chi connectivity index (χ0v) is 19.6. The molecular formula is C28H25N7. The second-order valence-electron chi connectivity index (χ2n) is 9.56. The Balaban J connectivity index is 1.35. The molecule has 0 amide bonds. The summed E-state index contributed by atoms with van der Waals surface area (Å²) in [7, 11) is 0. The fourth-order valence-electron chi connectivity index (χ4n) is 5.40. The van der Waals surface area contributed by atoms with Crippen LogP contribution in [0, 0.1) is 0 Å². The van der Waals surface area contributed by atoms with Gasteiger partial charge in [-0.2, -0.15) is 5.21 Å². The van der Waals surface area contributed by atoms with E-state index in [9.17, 15) is 0 Å². The third-order valence-corrected chi connectivity index (χ3v) is 7.26. The normalized spacial score (nSPS) is 16.6. The highest BCUT2D eigenvalue weighted by Crippen LogP contribution is 2.41. The quantitative estimate of drug-likeness (QED) is 0.411. The van der Waals surface area contributed by atoms with Crippen molar-refractivity contribution in [3.05, 3.63) is 100 Å². The first-order chi connectivity index (χ1) is 17.3. The third-order valence-electron chi connectivity index (χ3n) is 7.26. The largest absolute Gasteiger partial charge is 0.308 e. The van der Waals surface area contributed by atoms with Crippen LogP contribution in [0.3, 0.4) is 0 Å². The van der Waals surface area contributed by atoms with Gasteiger partial charge in [0.2, 0.25) is 5.82 Å². The Morgan fingerprint density at radius 3 is 2.71 bits per heavy atom. The van der Waals surface area contributed by atoms with E-state index in [2.05, 4.69) is 85.6 Å². The maximum Gasteiger partial charge on any atom is 0.201 e. The molecule has 1 N–H and O–H groups in total. The summed E-state index contributed by atoms with van der Waals surface area (Å²) >= 11 is 0. The van der Waals surface area contributed by atoms with Crippen LogP contribution in [0.25, 0.3) is 22.3 Å². The average Bonchev–Trinajstić information content (AvgIpc) is 3.50. The van der Waals surface area contributed by atoms with E-state index in [1.165, 1.54) is 52.1 Å². The van der Waals surface area contributed by atoms with E-state index in [-0.39, 0.29) is 0 Å². The first-order valence-corrected chi connectivity index (χ1v) is 12.2. The maximum absolute atomic E-state index is 4.93. The van der Waals surface area contributed by atoms with Crippen molar-refractivity contribution in [2.75, 3.05) is 0 Å². The monoisotopic (exact) mass is 459 g/mol. The highest BCUT2D eigenvalue weighted by atomic mass is 15.5. The number of nitrogens with zero attached hydrogens (tertiary/aromatic N) is 6. The zero-order valence-electron chi connectivity index (χ0n) is 19.6. The number of hydrogen-bond donors (Lipinski definition) is 1. The molecular weight excluding hydrogens is 434 g/mol. The topological polar surface area (TPSA) is 85.2 Å². The number of benzene rings is 2. The average molecular weight is 460 g/mol. The van der Waals surface area contributed by atoms with Gasteiger partial charge in [-0.15, -0.1) is 10.2 Å². The summed E-state index contributed by atoms with van der Waals surface area (Å²) in [5.41, 5.74) is 10.7. The standard InChI is InChI=1S/C28H25N7/c1-17(26-31-33-34-32-26)25-22-6-3-2-5-19(22)9-12-21-15-18(8-13-23(21)25)16-35-27(20-10-11-20)30-24-7-4-14-29-28(24)35/h2-8,13-15,20H,9-12,16H2,1H3,(H,31,32,33,34)/b25-17+. The first kappa shape index (κ1) is 20.3. The van der Waals surface area contributed by atoms with Gasteiger partial charge in [-0.25, -0.2) is 9.97 Å². The van der Waals surface area contributed by atoms with Crippen LogP contribution in [-0.4, -0.2) is 35.2 Å². The predicted octanol–water partition coefficient (Wildman–Crippen LogP) is 4.95. The Morgan fingerprint density at radius 2 is 1.86 bits per heavy atom.